The van der Waals surface area contributed by atoms with Gasteiger partial charge in [-0.1, -0.05) is 13.0 Å². The molecule has 1 unspecified atom stereocenters. The van der Waals surface area contributed by atoms with E-state index in [0.717, 1.165) is 45.1 Å². The molecule has 1 fully saturated rings. The van der Waals surface area contributed by atoms with Gasteiger partial charge in [0.15, 0.2) is 0 Å². The third-order valence-electron chi connectivity index (χ3n) is 3.64. The van der Waals surface area contributed by atoms with E-state index in [1.165, 1.54) is 11.1 Å². The highest BCUT2D eigenvalue weighted by atomic mass is 16.5. The Labute approximate surface area is 122 Å². The van der Waals surface area contributed by atoms with E-state index >= 15 is 0 Å². The van der Waals surface area contributed by atoms with Crippen molar-refractivity contribution in [2.75, 3.05) is 33.4 Å². The van der Waals surface area contributed by atoms with Gasteiger partial charge in [-0.2, -0.15) is 0 Å². The molecule has 0 saturated carbocycles. The van der Waals surface area contributed by atoms with Crippen molar-refractivity contribution in [3.63, 3.8) is 0 Å². The third-order valence-corrected chi connectivity index (χ3v) is 3.64. The first kappa shape index (κ1) is 15.3. The standard InChI is InChI=1S/C16H26N2O2/c1-4-17-10-14-5-6-16(19-3)15(9-14)12-18-7-8-20-13(2)11-18/h5-6,9,13,17H,4,7-8,10-12H2,1-3H3. The van der Waals surface area contributed by atoms with E-state index in [2.05, 4.69) is 42.3 Å². The minimum atomic E-state index is 0.319. The molecule has 20 heavy (non-hydrogen) atoms. The molecule has 4 heteroatoms. The first-order valence-electron chi connectivity index (χ1n) is 7.43. The molecule has 1 N–H and O–H groups in total. The largest absolute Gasteiger partial charge is 0.496 e. The predicted octanol–water partition coefficient (Wildman–Crippen LogP) is 2.03. The number of ether oxygens (including phenoxy) is 2. The Balaban J connectivity index is 2.07. The third kappa shape index (κ3) is 4.20. The Morgan fingerprint density at radius 2 is 2.30 bits per heavy atom. The summed E-state index contributed by atoms with van der Waals surface area (Å²) in [6.45, 7) is 9.88. The van der Waals surface area contributed by atoms with Crippen LogP contribution in [-0.4, -0.2) is 44.4 Å². The smallest absolute Gasteiger partial charge is 0.123 e. The van der Waals surface area contributed by atoms with Gasteiger partial charge in [-0.25, -0.2) is 0 Å². The lowest BCUT2D eigenvalue weighted by molar-refractivity contribution is -0.0214. The van der Waals surface area contributed by atoms with E-state index in [1.54, 1.807) is 7.11 Å². The summed E-state index contributed by atoms with van der Waals surface area (Å²) in [5.74, 6) is 0.976. The SMILES string of the molecule is CCNCc1ccc(OC)c(CN2CCOC(C)C2)c1. The molecule has 1 heterocycles. The van der Waals surface area contributed by atoms with Crippen LogP contribution in [0.1, 0.15) is 25.0 Å². The summed E-state index contributed by atoms with van der Waals surface area (Å²) in [5, 5.41) is 3.37. The van der Waals surface area contributed by atoms with Crippen molar-refractivity contribution in [1.29, 1.82) is 0 Å². The Morgan fingerprint density at radius 1 is 1.45 bits per heavy atom. The molecule has 0 aromatic heterocycles. The van der Waals surface area contributed by atoms with Crippen molar-refractivity contribution in [3.8, 4) is 5.75 Å². The Kier molecular flexibility index (Phi) is 5.83. The summed E-state index contributed by atoms with van der Waals surface area (Å²) >= 11 is 0. The van der Waals surface area contributed by atoms with Crippen LogP contribution in [0.5, 0.6) is 5.75 Å². The number of rotatable bonds is 6. The fourth-order valence-electron chi connectivity index (χ4n) is 2.61. The van der Waals surface area contributed by atoms with Gasteiger partial charge in [0, 0.05) is 31.7 Å². The number of nitrogens with one attached hydrogen (secondary N) is 1. The maximum absolute atomic E-state index is 5.60. The van der Waals surface area contributed by atoms with Crippen LogP contribution in [0.2, 0.25) is 0 Å². The second kappa shape index (κ2) is 7.62. The highest BCUT2D eigenvalue weighted by molar-refractivity contribution is 5.37. The van der Waals surface area contributed by atoms with Crippen LogP contribution in [-0.2, 0) is 17.8 Å². The van der Waals surface area contributed by atoms with Crippen molar-refractivity contribution in [2.45, 2.75) is 33.0 Å². The Morgan fingerprint density at radius 3 is 3.00 bits per heavy atom. The second-order valence-electron chi connectivity index (χ2n) is 5.34. The molecule has 1 aromatic carbocycles. The van der Waals surface area contributed by atoms with Crippen molar-refractivity contribution >= 4 is 0 Å². The van der Waals surface area contributed by atoms with Gasteiger partial charge in [0.1, 0.15) is 5.75 Å². The lowest BCUT2D eigenvalue weighted by atomic mass is 10.1. The maximum Gasteiger partial charge on any atom is 0.123 e. The molecular weight excluding hydrogens is 252 g/mol. The molecular formula is C16H26N2O2. The molecule has 1 aliphatic heterocycles. The van der Waals surface area contributed by atoms with E-state index in [9.17, 15) is 0 Å². The van der Waals surface area contributed by atoms with Gasteiger partial charge in [-0.15, -0.1) is 0 Å². The average molecular weight is 278 g/mol. The van der Waals surface area contributed by atoms with E-state index < -0.39 is 0 Å². The van der Waals surface area contributed by atoms with Crippen molar-refractivity contribution in [3.05, 3.63) is 29.3 Å². The Bertz CT molecular complexity index is 423. The molecule has 1 saturated heterocycles. The zero-order valence-electron chi connectivity index (χ0n) is 12.8. The monoisotopic (exact) mass is 278 g/mol. The van der Waals surface area contributed by atoms with Crippen LogP contribution in [0, 0.1) is 0 Å². The summed E-state index contributed by atoms with van der Waals surface area (Å²) < 4.78 is 11.1. The minimum absolute atomic E-state index is 0.319. The molecule has 0 aliphatic carbocycles. The summed E-state index contributed by atoms with van der Waals surface area (Å²) in [7, 11) is 1.74. The summed E-state index contributed by atoms with van der Waals surface area (Å²) in [6, 6.07) is 6.46. The second-order valence-corrected chi connectivity index (χ2v) is 5.34. The fourth-order valence-corrected chi connectivity index (χ4v) is 2.61. The maximum atomic E-state index is 5.60. The summed E-state index contributed by atoms with van der Waals surface area (Å²) in [6.07, 6.45) is 0.319. The van der Waals surface area contributed by atoms with Gasteiger partial charge >= 0.3 is 0 Å². The number of nitrogens with zero attached hydrogens (tertiary/aromatic N) is 1. The summed E-state index contributed by atoms with van der Waals surface area (Å²) in [5.41, 5.74) is 2.57. The van der Waals surface area contributed by atoms with Crippen LogP contribution in [0.3, 0.4) is 0 Å². The molecule has 4 nitrogen and oxygen atoms in total. The van der Waals surface area contributed by atoms with Gasteiger partial charge in [0.25, 0.3) is 0 Å². The molecule has 0 radical (unpaired) electrons. The number of hydrogen-bond acceptors (Lipinski definition) is 4. The first-order chi connectivity index (χ1) is 9.72. The highest BCUT2D eigenvalue weighted by Gasteiger charge is 2.18. The summed E-state index contributed by atoms with van der Waals surface area (Å²) in [4.78, 5) is 2.43. The number of benzene rings is 1. The van der Waals surface area contributed by atoms with Crippen LogP contribution in [0.25, 0.3) is 0 Å². The van der Waals surface area contributed by atoms with Gasteiger partial charge in [-0.05, 0) is 31.2 Å². The molecule has 0 spiro atoms. The number of morpholine rings is 1. The molecule has 1 aromatic rings. The average Bonchev–Trinajstić information content (AvgIpc) is 2.45. The van der Waals surface area contributed by atoms with Crippen LogP contribution in [0.4, 0.5) is 0 Å². The van der Waals surface area contributed by atoms with Crippen LogP contribution < -0.4 is 10.1 Å². The van der Waals surface area contributed by atoms with E-state index in [-0.39, 0.29) is 0 Å². The topological polar surface area (TPSA) is 33.7 Å². The molecule has 0 bridgehead atoms. The van der Waals surface area contributed by atoms with Crippen LogP contribution in [0.15, 0.2) is 18.2 Å². The fraction of sp³-hybridized carbons (Fsp3) is 0.625. The van der Waals surface area contributed by atoms with Gasteiger partial charge in [0.05, 0.1) is 19.8 Å². The van der Waals surface area contributed by atoms with Gasteiger partial charge < -0.3 is 14.8 Å². The zero-order valence-corrected chi connectivity index (χ0v) is 12.8. The molecule has 112 valence electrons. The van der Waals surface area contributed by atoms with E-state index in [0.29, 0.717) is 6.10 Å². The normalized spacial score (nSPS) is 20.1. The molecule has 0 amide bonds. The van der Waals surface area contributed by atoms with Crippen LogP contribution >= 0.6 is 0 Å². The minimum Gasteiger partial charge on any atom is -0.496 e. The van der Waals surface area contributed by atoms with E-state index in [4.69, 9.17) is 9.47 Å². The van der Waals surface area contributed by atoms with Gasteiger partial charge in [0.2, 0.25) is 0 Å². The lowest BCUT2D eigenvalue weighted by Crippen LogP contribution is -2.40. The predicted molar refractivity (Wildman–Crippen MR) is 81.1 cm³/mol. The van der Waals surface area contributed by atoms with Crippen molar-refractivity contribution in [1.82, 2.24) is 10.2 Å². The lowest BCUT2D eigenvalue weighted by Gasteiger charge is -2.31. The zero-order chi connectivity index (χ0) is 14.4. The quantitative estimate of drug-likeness (QED) is 0.863. The number of methoxy groups -OCH3 is 1. The molecule has 1 aliphatic rings. The Hall–Kier alpha value is -1.10. The van der Waals surface area contributed by atoms with Crippen molar-refractivity contribution in [2.24, 2.45) is 0 Å². The highest BCUT2D eigenvalue weighted by Crippen LogP contribution is 2.22. The van der Waals surface area contributed by atoms with E-state index in [1.807, 2.05) is 0 Å². The molecule has 1 atom stereocenters. The van der Waals surface area contributed by atoms with Gasteiger partial charge in [-0.3, -0.25) is 4.90 Å². The van der Waals surface area contributed by atoms with Crippen molar-refractivity contribution < 1.29 is 9.47 Å². The number of hydrogen-bond donors (Lipinski definition) is 1. The first-order valence-corrected chi connectivity index (χ1v) is 7.43. The molecule has 2 rings (SSSR count).